The zero-order chi connectivity index (χ0) is 13.0. The molecule has 2 rings (SSSR count). The number of ether oxygens (including phenoxy) is 1. The number of amides is 1. The van der Waals surface area contributed by atoms with Crippen LogP contribution in [0.2, 0.25) is 0 Å². The smallest absolute Gasteiger partial charge is 0.227 e. The molecule has 98 valence electrons. The van der Waals surface area contributed by atoms with Crippen molar-refractivity contribution in [2.45, 2.75) is 25.7 Å². The van der Waals surface area contributed by atoms with E-state index in [0.29, 0.717) is 12.8 Å². The average molecular weight is 249 g/mol. The Bertz CT molecular complexity index is 431. The number of hydrogen-bond donors (Lipinski definition) is 1. The molecule has 1 aromatic carbocycles. The number of nitrogens with zero attached hydrogens (tertiary/aromatic N) is 1. The topological polar surface area (TPSA) is 49.8 Å². The molecule has 0 bridgehead atoms. The maximum absolute atomic E-state index is 12.1. The third kappa shape index (κ3) is 2.64. The molecule has 1 aliphatic rings. The van der Waals surface area contributed by atoms with Crippen molar-refractivity contribution in [3.05, 3.63) is 23.8 Å². The molecule has 0 saturated heterocycles. The van der Waals surface area contributed by atoms with E-state index in [9.17, 15) is 4.79 Å². The number of aliphatic hydroxyl groups excluding tert-OH is 1. The van der Waals surface area contributed by atoms with E-state index < -0.39 is 0 Å². The lowest BCUT2D eigenvalue weighted by Crippen LogP contribution is -2.35. The van der Waals surface area contributed by atoms with Gasteiger partial charge in [0.2, 0.25) is 5.91 Å². The average Bonchev–Trinajstić information content (AvgIpc) is 2.43. The standard InChI is InChI=1S/C14H19NO3/c1-18-12-6-7-13-11(10-12)4-2-8-15(13)14(17)5-3-9-16/h6-7,10,16H,2-5,8-9H2,1H3. The van der Waals surface area contributed by atoms with Crippen LogP contribution in [0.5, 0.6) is 5.75 Å². The van der Waals surface area contributed by atoms with Crippen molar-refractivity contribution in [1.82, 2.24) is 0 Å². The summed E-state index contributed by atoms with van der Waals surface area (Å²) in [5.74, 6) is 0.925. The van der Waals surface area contributed by atoms with Gasteiger partial charge in [-0.05, 0) is 43.0 Å². The van der Waals surface area contributed by atoms with Gasteiger partial charge < -0.3 is 14.7 Å². The number of carbonyl (C=O) groups excluding carboxylic acids is 1. The van der Waals surface area contributed by atoms with E-state index in [1.807, 2.05) is 23.1 Å². The Morgan fingerprint density at radius 2 is 2.33 bits per heavy atom. The number of hydrogen-bond acceptors (Lipinski definition) is 3. The second-order valence-electron chi connectivity index (χ2n) is 4.47. The molecule has 1 N–H and O–H groups in total. The van der Waals surface area contributed by atoms with Gasteiger partial charge in [-0.2, -0.15) is 0 Å². The Morgan fingerprint density at radius 1 is 1.50 bits per heavy atom. The number of aryl methyl sites for hydroxylation is 1. The number of carbonyl (C=O) groups is 1. The highest BCUT2D eigenvalue weighted by Gasteiger charge is 2.22. The minimum absolute atomic E-state index is 0.0645. The Hall–Kier alpha value is -1.55. The van der Waals surface area contributed by atoms with Gasteiger partial charge in [0.15, 0.2) is 0 Å². The van der Waals surface area contributed by atoms with Crippen molar-refractivity contribution in [3.8, 4) is 5.75 Å². The van der Waals surface area contributed by atoms with E-state index in [2.05, 4.69) is 0 Å². The van der Waals surface area contributed by atoms with Gasteiger partial charge >= 0.3 is 0 Å². The second kappa shape index (κ2) is 5.87. The lowest BCUT2D eigenvalue weighted by atomic mass is 10.0. The maximum Gasteiger partial charge on any atom is 0.227 e. The van der Waals surface area contributed by atoms with Gasteiger partial charge in [0.1, 0.15) is 5.75 Å². The van der Waals surface area contributed by atoms with Crippen molar-refractivity contribution < 1.29 is 14.6 Å². The largest absolute Gasteiger partial charge is 0.497 e. The Morgan fingerprint density at radius 3 is 3.06 bits per heavy atom. The summed E-state index contributed by atoms with van der Waals surface area (Å²) in [5, 5.41) is 8.79. The van der Waals surface area contributed by atoms with Crippen LogP contribution in [-0.4, -0.2) is 31.3 Å². The molecule has 0 atom stereocenters. The second-order valence-corrected chi connectivity index (χ2v) is 4.47. The highest BCUT2D eigenvalue weighted by Crippen LogP contribution is 2.30. The van der Waals surface area contributed by atoms with E-state index in [4.69, 9.17) is 9.84 Å². The predicted octanol–water partition coefficient (Wildman–Crippen LogP) is 1.75. The minimum atomic E-state index is 0.0645. The summed E-state index contributed by atoms with van der Waals surface area (Å²) in [4.78, 5) is 13.9. The summed E-state index contributed by atoms with van der Waals surface area (Å²) in [5.41, 5.74) is 2.16. The fourth-order valence-corrected chi connectivity index (χ4v) is 2.32. The summed E-state index contributed by atoms with van der Waals surface area (Å²) >= 11 is 0. The molecule has 4 heteroatoms. The predicted molar refractivity (Wildman–Crippen MR) is 70.0 cm³/mol. The molecule has 0 radical (unpaired) electrons. The van der Waals surface area contributed by atoms with Crippen LogP contribution in [0.25, 0.3) is 0 Å². The molecule has 1 amide bonds. The van der Waals surface area contributed by atoms with Gasteiger partial charge in [-0.3, -0.25) is 4.79 Å². The fourth-order valence-electron chi connectivity index (χ4n) is 2.32. The number of methoxy groups -OCH3 is 1. The highest BCUT2D eigenvalue weighted by atomic mass is 16.5. The normalized spacial score (nSPS) is 14.2. The van der Waals surface area contributed by atoms with Crippen LogP contribution >= 0.6 is 0 Å². The van der Waals surface area contributed by atoms with E-state index in [-0.39, 0.29) is 12.5 Å². The van der Waals surface area contributed by atoms with E-state index in [1.54, 1.807) is 7.11 Å². The van der Waals surface area contributed by atoms with Gasteiger partial charge in [0, 0.05) is 25.3 Å². The monoisotopic (exact) mass is 249 g/mol. The first-order valence-electron chi connectivity index (χ1n) is 6.34. The van der Waals surface area contributed by atoms with Gasteiger partial charge in [0.05, 0.1) is 7.11 Å². The Balaban J connectivity index is 2.19. The molecule has 1 aromatic rings. The summed E-state index contributed by atoms with van der Waals surface area (Å²) in [6.07, 6.45) is 2.89. The number of rotatable bonds is 4. The maximum atomic E-state index is 12.1. The molecule has 0 unspecified atom stereocenters. The SMILES string of the molecule is COc1ccc2c(c1)CCCN2C(=O)CCCO. The summed E-state index contributed by atoms with van der Waals surface area (Å²) in [6, 6.07) is 5.83. The molecule has 1 heterocycles. The van der Waals surface area contributed by atoms with E-state index in [1.165, 1.54) is 0 Å². The fraction of sp³-hybridized carbons (Fsp3) is 0.500. The third-order valence-corrected chi connectivity index (χ3v) is 3.26. The first-order chi connectivity index (χ1) is 8.76. The van der Waals surface area contributed by atoms with Crippen molar-refractivity contribution in [1.29, 1.82) is 0 Å². The quantitative estimate of drug-likeness (QED) is 0.884. The molecule has 0 fully saturated rings. The van der Waals surface area contributed by atoms with Crippen molar-refractivity contribution >= 4 is 11.6 Å². The molecule has 1 aliphatic heterocycles. The van der Waals surface area contributed by atoms with Crippen LogP contribution in [-0.2, 0) is 11.2 Å². The van der Waals surface area contributed by atoms with Crippen LogP contribution < -0.4 is 9.64 Å². The Labute approximate surface area is 107 Å². The third-order valence-electron chi connectivity index (χ3n) is 3.26. The molecular formula is C14H19NO3. The van der Waals surface area contributed by atoms with Crippen molar-refractivity contribution in [3.63, 3.8) is 0 Å². The minimum Gasteiger partial charge on any atom is -0.497 e. The van der Waals surface area contributed by atoms with E-state index >= 15 is 0 Å². The van der Waals surface area contributed by atoms with Gasteiger partial charge in [-0.1, -0.05) is 0 Å². The highest BCUT2D eigenvalue weighted by molar-refractivity contribution is 5.94. The Kier molecular flexibility index (Phi) is 4.20. The van der Waals surface area contributed by atoms with Gasteiger partial charge in [-0.15, -0.1) is 0 Å². The van der Waals surface area contributed by atoms with Crippen LogP contribution in [0.4, 0.5) is 5.69 Å². The summed E-state index contributed by atoms with van der Waals surface area (Å²) in [7, 11) is 1.65. The number of fused-ring (bicyclic) bond motifs is 1. The molecule has 0 aromatic heterocycles. The molecule has 0 aliphatic carbocycles. The van der Waals surface area contributed by atoms with Crippen LogP contribution in [0, 0.1) is 0 Å². The summed E-state index contributed by atoms with van der Waals surface area (Å²) < 4.78 is 5.20. The summed E-state index contributed by atoms with van der Waals surface area (Å²) in [6.45, 7) is 0.832. The number of benzene rings is 1. The molecule has 0 spiro atoms. The van der Waals surface area contributed by atoms with Crippen LogP contribution in [0.3, 0.4) is 0 Å². The number of anilines is 1. The number of aliphatic hydroxyl groups is 1. The van der Waals surface area contributed by atoms with E-state index in [0.717, 1.165) is 36.4 Å². The first kappa shape index (κ1) is 12.9. The first-order valence-corrected chi connectivity index (χ1v) is 6.34. The van der Waals surface area contributed by atoms with Crippen LogP contribution in [0.1, 0.15) is 24.8 Å². The van der Waals surface area contributed by atoms with Gasteiger partial charge in [-0.25, -0.2) is 0 Å². The molecule has 4 nitrogen and oxygen atoms in total. The lowest BCUT2D eigenvalue weighted by molar-refractivity contribution is -0.119. The van der Waals surface area contributed by atoms with Crippen molar-refractivity contribution in [2.75, 3.05) is 25.2 Å². The van der Waals surface area contributed by atoms with Gasteiger partial charge in [0.25, 0.3) is 0 Å². The molecular weight excluding hydrogens is 230 g/mol. The lowest BCUT2D eigenvalue weighted by Gasteiger charge is -2.29. The van der Waals surface area contributed by atoms with Crippen LogP contribution in [0.15, 0.2) is 18.2 Å². The zero-order valence-corrected chi connectivity index (χ0v) is 10.7. The molecule has 18 heavy (non-hydrogen) atoms. The molecule has 0 saturated carbocycles. The zero-order valence-electron chi connectivity index (χ0n) is 10.7. The van der Waals surface area contributed by atoms with Crippen molar-refractivity contribution in [2.24, 2.45) is 0 Å².